The molecule has 4 rings (SSSR count). The molecule has 0 atom stereocenters. The van der Waals surface area contributed by atoms with E-state index in [2.05, 4.69) is 86.1 Å². The van der Waals surface area contributed by atoms with Crippen LogP contribution in [0.2, 0.25) is 51.4 Å². The molecule has 0 bridgehead atoms. The van der Waals surface area contributed by atoms with Gasteiger partial charge >= 0.3 is 0 Å². The molecule has 2 aliphatic heterocycles. The second-order valence-corrected chi connectivity index (χ2v) is 32.1. The normalized spacial score (nSPS) is 16.4. The number of nitrogens with one attached hydrogen (secondary N) is 1. The molecule has 2 saturated heterocycles. The minimum absolute atomic E-state index is 0.181. The maximum absolute atomic E-state index is 12.7. The molecule has 304 valence electrons. The van der Waals surface area contributed by atoms with Crippen LogP contribution in [0.5, 0.6) is 0 Å². The van der Waals surface area contributed by atoms with Gasteiger partial charge in [-0.25, -0.2) is 26.8 Å². The molecule has 2 aliphatic rings. The summed E-state index contributed by atoms with van der Waals surface area (Å²) in [7, 11) is -8.42. The molecule has 0 unspecified atom stereocenters. The van der Waals surface area contributed by atoms with Gasteiger partial charge in [0.05, 0.1) is 12.5 Å². The minimum atomic E-state index is -3.21. The number of rotatable bonds is 13. The van der Waals surface area contributed by atoms with E-state index < -0.39 is 36.2 Å². The van der Waals surface area contributed by atoms with E-state index in [4.69, 9.17) is 21.1 Å². The van der Waals surface area contributed by atoms with Gasteiger partial charge in [-0.1, -0.05) is 50.9 Å². The van der Waals surface area contributed by atoms with Crippen molar-refractivity contribution >= 4 is 91.3 Å². The summed E-state index contributed by atoms with van der Waals surface area (Å²) >= 11 is 11.9. The summed E-state index contributed by atoms with van der Waals surface area (Å²) in [6.07, 6.45) is 5.48. The summed E-state index contributed by atoms with van der Waals surface area (Å²) in [5.41, 5.74) is -0.500. The molecule has 1 N–H and O–H groups in total. The number of anilines is 2. The van der Waals surface area contributed by atoms with Crippen LogP contribution in [0.4, 0.5) is 11.6 Å². The average Bonchev–Trinajstić information content (AvgIpc) is 3.04. The standard InChI is InChI=1S/C15H27BrN4O4SSi.C9H13BrN4O3S.C6H15ClOSi/c1-25(22,23)20-7-5-18(6-8-20)14-15(21)19(11-13(16)17-14)12-24-9-10-26(2,3)4;1-18(16,17)14-4-2-13(3-5-14)8-9(15)11-6-7(10)12-8;1-9(2,3)5-4-8-6-7/h11H,5-10,12H2,1-4H3;6H,2-5H2,1H3,(H,11,15);4-6H2,1-3H3. The highest BCUT2D eigenvalue weighted by molar-refractivity contribution is 9.10. The third kappa shape index (κ3) is 18.1. The SMILES string of the molecule is CS(=O)(=O)N1CCN(c2nc(Br)c[nH]c2=O)CC1.C[Si](C)(C)CCOCCl.C[Si](C)(C)CCOCn1cc(Br)nc(N2CCN(S(C)(=O)=O)CC2)c1=O. The lowest BCUT2D eigenvalue weighted by molar-refractivity contribution is 0.0844. The zero-order valence-corrected chi connectivity index (χ0v) is 39.5. The first-order valence-electron chi connectivity index (χ1n) is 17.0. The second-order valence-electron chi connectivity index (χ2n) is 15.0. The number of piperazine rings is 2. The molecule has 0 saturated carbocycles. The van der Waals surface area contributed by atoms with Crippen LogP contribution < -0.4 is 20.9 Å². The smallest absolute Gasteiger partial charge is 0.295 e. The third-order valence-corrected chi connectivity index (χ3v) is 14.9. The maximum atomic E-state index is 12.7. The first-order chi connectivity index (χ1) is 24.4. The summed E-state index contributed by atoms with van der Waals surface area (Å²) in [6.45, 7) is 18.7. The number of aromatic nitrogens is 4. The molecule has 0 radical (unpaired) electrons. The Hall–Kier alpha value is -1.22. The van der Waals surface area contributed by atoms with Crippen LogP contribution in [0.15, 0.2) is 31.2 Å². The highest BCUT2D eigenvalue weighted by Crippen LogP contribution is 2.16. The highest BCUT2D eigenvalue weighted by Gasteiger charge is 2.27. The monoisotopic (exact) mass is 968 g/mol. The molecule has 23 heteroatoms. The summed E-state index contributed by atoms with van der Waals surface area (Å²) in [6, 6.07) is 2.58. The van der Waals surface area contributed by atoms with Crippen molar-refractivity contribution in [2.75, 3.05) is 93.9 Å². The summed E-state index contributed by atoms with van der Waals surface area (Å²) in [5.74, 6) is 0.638. The number of ether oxygens (including phenoxy) is 2. The van der Waals surface area contributed by atoms with E-state index >= 15 is 0 Å². The van der Waals surface area contributed by atoms with Crippen molar-refractivity contribution in [2.45, 2.75) is 58.1 Å². The van der Waals surface area contributed by atoms with Crippen molar-refractivity contribution in [1.29, 1.82) is 0 Å². The average molecular weight is 971 g/mol. The van der Waals surface area contributed by atoms with Gasteiger partial charge in [-0.15, -0.1) is 0 Å². The van der Waals surface area contributed by atoms with E-state index in [1.54, 1.807) is 11.1 Å². The van der Waals surface area contributed by atoms with Crippen LogP contribution in [-0.2, 0) is 36.3 Å². The molecule has 2 fully saturated rings. The molecule has 0 spiro atoms. The van der Waals surface area contributed by atoms with Crippen LogP contribution in [0.3, 0.4) is 0 Å². The Labute approximate surface area is 338 Å². The first-order valence-corrected chi connectivity index (χ1v) is 30.3. The van der Waals surface area contributed by atoms with Crippen molar-refractivity contribution < 1.29 is 26.3 Å². The number of aromatic amines is 1. The van der Waals surface area contributed by atoms with Gasteiger partial charge < -0.3 is 24.3 Å². The molecule has 53 heavy (non-hydrogen) atoms. The number of hydrogen-bond acceptors (Lipinski definition) is 12. The summed E-state index contributed by atoms with van der Waals surface area (Å²) in [5, 5.41) is 0. The Morgan fingerprint density at radius 2 is 1.17 bits per heavy atom. The lowest BCUT2D eigenvalue weighted by Gasteiger charge is -2.33. The van der Waals surface area contributed by atoms with Crippen molar-refractivity contribution in [3.8, 4) is 0 Å². The molecular formula is C30H55Br2ClN8O8S2Si2. The molecule has 2 aromatic heterocycles. The van der Waals surface area contributed by atoms with Gasteiger partial charge in [-0.3, -0.25) is 14.2 Å². The van der Waals surface area contributed by atoms with Crippen LogP contribution in [0, 0.1) is 0 Å². The molecular weight excluding hydrogens is 916 g/mol. The quantitative estimate of drug-likeness (QED) is 0.176. The Morgan fingerprint density at radius 3 is 1.60 bits per heavy atom. The predicted molar refractivity (Wildman–Crippen MR) is 225 cm³/mol. The molecule has 0 amide bonds. The Bertz CT molecular complexity index is 1800. The molecule has 0 aromatic carbocycles. The number of H-pyrrole nitrogens is 1. The fourth-order valence-electron chi connectivity index (χ4n) is 4.82. The number of sulfonamides is 2. The van der Waals surface area contributed by atoms with Crippen LogP contribution in [0.25, 0.3) is 0 Å². The van der Waals surface area contributed by atoms with E-state index in [0.717, 1.165) is 12.7 Å². The van der Waals surface area contributed by atoms with Gasteiger partial charge in [0, 0.05) is 94.1 Å². The van der Waals surface area contributed by atoms with Crippen LogP contribution in [0.1, 0.15) is 0 Å². The Balaban J connectivity index is 0.000000310. The largest absolute Gasteiger partial charge is 0.366 e. The van der Waals surface area contributed by atoms with Gasteiger partial charge in [0.15, 0.2) is 11.6 Å². The maximum Gasteiger partial charge on any atom is 0.295 e. The lowest BCUT2D eigenvalue weighted by Crippen LogP contribution is -2.50. The van der Waals surface area contributed by atoms with E-state index in [9.17, 15) is 26.4 Å². The Kier molecular flexibility index (Phi) is 19.3. The molecule has 16 nitrogen and oxygen atoms in total. The van der Waals surface area contributed by atoms with Crippen molar-refractivity contribution in [3.05, 3.63) is 42.3 Å². The molecule has 4 heterocycles. The van der Waals surface area contributed by atoms with Crippen molar-refractivity contribution in [1.82, 2.24) is 28.1 Å². The molecule has 2 aromatic rings. The van der Waals surface area contributed by atoms with Crippen LogP contribution >= 0.6 is 43.5 Å². The topological polar surface area (TPSA) is 180 Å². The van der Waals surface area contributed by atoms with Crippen molar-refractivity contribution in [2.24, 2.45) is 0 Å². The Morgan fingerprint density at radius 1 is 0.736 bits per heavy atom. The van der Waals surface area contributed by atoms with Crippen LogP contribution in [-0.4, -0.2) is 145 Å². The number of halogens is 3. The van der Waals surface area contributed by atoms with Gasteiger partial charge in [-0.2, -0.15) is 8.61 Å². The van der Waals surface area contributed by atoms with Gasteiger partial charge in [-0.05, 0) is 43.9 Å². The van der Waals surface area contributed by atoms with Gasteiger partial charge in [0.1, 0.15) is 22.0 Å². The zero-order valence-electron chi connectivity index (χ0n) is 31.9. The fraction of sp³-hybridized carbons (Fsp3) is 0.733. The number of alkyl halides is 1. The third-order valence-electron chi connectivity index (χ3n) is 7.98. The van der Waals surface area contributed by atoms with E-state index in [1.807, 2.05) is 4.90 Å². The predicted octanol–water partition coefficient (Wildman–Crippen LogP) is 3.55. The fourth-order valence-corrected chi connectivity index (χ4v) is 8.79. The first kappa shape index (κ1) is 47.9. The van der Waals surface area contributed by atoms with Crippen molar-refractivity contribution in [3.63, 3.8) is 0 Å². The molecule has 0 aliphatic carbocycles. The number of hydrogen-bond donors (Lipinski definition) is 1. The van der Waals surface area contributed by atoms with Gasteiger partial charge in [0.2, 0.25) is 20.0 Å². The number of nitrogens with zero attached hydrogens (tertiary/aromatic N) is 7. The lowest BCUT2D eigenvalue weighted by atomic mass is 10.3. The van der Waals surface area contributed by atoms with E-state index in [1.165, 1.54) is 37.9 Å². The second kappa shape index (κ2) is 21.3. The van der Waals surface area contributed by atoms with E-state index in [-0.39, 0.29) is 17.8 Å². The van der Waals surface area contributed by atoms with E-state index in [0.29, 0.717) is 85.9 Å². The summed E-state index contributed by atoms with van der Waals surface area (Å²) < 4.78 is 62.1. The summed E-state index contributed by atoms with van der Waals surface area (Å²) in [4.78, 5) is 39.0. The minimum Gasteiger partial charge on any atom is -0.366 e. The highest BCUT2D eigenvalue weighted by atomic mass is 79.9. The zero-order chi connectivity index (χ0) is 40.2. The van der Waals surface area contributed by atoms with Gasteiger partial charge in [0.25, 0.3) is 11.1 Å².